The lowest BCUT2D eigenvalue weighted by atomic mass is 10.2. The van der Waals surface area contributed by atoms with Crippen LogP contribution in [-0.4, -0.2) is 65.8 Å². The van der Waals surface area contributed by atoms with E-state index in [0.29, 0.717) is 49.1 Å². The minimum atomic E-state index is -4.02. The SMILES string of the molecule is COc1ccccc1-c1nc(S(=O)(=O)c2ccc3c(c2)OCCO3)c(NCCN(C)C)o1. The second-order valence-electron chi connectivity index (χ2n) is 7.39. The Hall–Kier alpha value is -3.24. The van der Waals surface area contributed by atoms with Crippen molar-refractivity contribution in [3.05, 3.63) is 42.5 Å². The number of aromatic nitrogens is 1. The number of rotatable bonds is 8. The van der Waals surface area contributed by atoms with Crippen molar-refractivity contribution in [1.82, 2.24) is 9.88 Å². The summed E-state index contributed by atoms with van der Waals surface area (Å²) in [5.41, 5.74) is 0.550. The van der Waals surface area contributed by atoms with Crippen molar-refractivity contribution in [3.63, 3.8) is 0 Å². The molecule has 1 N–H and O–H groups in total. The van der Waals surface area contributed by atoms with Gasteiger partial charge in [0.15, 0.2) is 11.5 Å². The first-order valence-electron chi connectivity index (χ1n) is 10.1. The molecule has 170 valence electrons. The van der Waals surface area contributed by atoms with Crippen molar-refractivity contribution in [1.29, 1.82) is 0 Å². The van der Waals surface area contributed by atoms with Gasteiger partial charge in [0.1, 0.15) is 19.0 Å². The molecule has 1 aliphatic rings. The van der Waals surface area contributed by atoms with Gasteiger partial charge in [-0.05, 0) is 38.4 Å². The third-order valence-electron chi connectivity index (χ3n) is 4.86. The summed E-state index contributed by atoms with van der Waals surface area (Å²) in [6.45, 7) is 1.92. The third kappa shape index (κ3) is 4.37. The topological polar surface area (TPSA) is 103 Å². The zero-order chi connectivity index (χ0) is 22.7. The van der Waals surface area contributed by atoms with Crippen LogP contribution in [0.1, 0.15) is 0 Å². The Morgan fingerprint density at radius 2 is 1.84 bits per heavy atom. The molecule has 32 heavy (non-hydrogen) atoms. The van der Waals surface area contributed by atoms with Crippen molar-refractivity contribution >= 4 is 15.7 Å². The summed E-state index contributed by atoms with van der Waals surface area (Å²) < 4.78 is 49.4. The molecule has 4 rings (SSSR count). The van der Waals surface area contributed by atoms with Crippen molar-refractivity contribution in [2.24, 2.45) is 0 Å². The van der Waals surface area contributed by atoms with Crippen LogP contribution in [0, 0.1) is 0 Å². The largest absolute Gasteiger partial charge is 0.496 e. The number of anilines is 1. The number of nitrogens with zero attached hydrogens (tertiary/aromatic N) is 2. The zero-order valence-corrected chi connectivity index (χ0v) is 18.9. The van der Waals surface area contributed by atoms with Crippen LogP contribution in [0.2, 0.25) is 0 Å². The first kappa shape index (κ1) is 22.0. The van der Waals surface area contributed by atoms with E-state index in [-0.39, 0.29) is 21.7 Å². The molecule has 0 aliphatic carbocycles. The van der Waals surface area contributed by atoms with E-state index in [1.807, 2.05) is 25.1 Å². The van der Waals surface area contributed by atoms with E-state index in [4.69, 9.17) is 18.6 Å². The normalized spacial score (nSPS) is 13.2. The Bertz CT molecular complexity index is 1210. The van der Waals surface area contributed by atoms with Crippen LogP contribution in [0.25, 0.3) is 11.5 Å². The maximum atomic E-state index is 13.5. The Labute approximate surface area is 186 Å². The highest BCUT2D eigenvalue weighted by molar-refractivity contribution is 7.91. The van der Waals surface area contributed by atoms with Gasteiger partial charge in [0.25, 0.3) is 0 Å². The molecule has 0 radical (unpaired) electrons. The fourth-order valence-corrected chi connectivity index (χ4v) is 4.53. The summed E-state index contributed by atoms with van der Waals surface area (Å²) in [5, 5.41) is 2.86. The summed E-state index contributed by atoms with van der Waals surface area (Å²) in [6.07, 6.45) is 0. The lowest BCUT2D eigenvalue weighted by Crippen LogP contribution is -2.21. The van der Waals surface area contributed by atoms with Crippen LogP contribution >= 0.6 is 0 Å². The molecule has 0 saturated heterocycles. The van der Waals surface area contributed by atoms with Gasteiger partial charge in [-0.25, -0.2) is 8.42 Å². The zero-order valence-electron chi connectivity index (χ0n) is 18.1. The molecule has 9 nitrogen and oxygen atoms in total. The first-order chi connectivity index (χ1) is 15.4. The molecule has 0 saturated carbocycles. The number of sulfone groups is 1. The summed E-state index contributed by atoms with van der Waals surface area (Å²) in [6, 6.07) is 11.6. The Balaban J connectivity index is 1.77. The number of ether oxygens (including phenoxy) is 3. The van der Waals surface area contributed by atoms with Crippen LogP contribution in [0.5, 0.6) is 17.2 Å². The number of para-hydroxylation sites is 1. The molecule has 0 fully saturated rings. The smallest absolute Gasteiger partial charge is 0.233 e. The molecule has 2 heterocycles. The van der Waals surface area contributed by atoms with E-state index >= 15 is 0 Å². The number of benzene rings is 2. The molecule has 3 aromatic rings. The van der Waals surface area contributed by atoms with Crippen LogP contribution < -0.4 is 19.5 Å². The number of oxazole rings is 1. The van der Waals surface area contributed by atoms with Crippen LogP contribution in [0.3, 0.4) is 0 Å². The summed E-state index contributed by atoms with van der Waals surface area (Å²) in [7, 11) is 1.37. The van der Waals surface area contributed by atoms with Crippen LogP contribution in [-0.2, 0) is 9.84 Å². The van der Waals surface area contributed by atoms with Gasteiger partial charge >= 0.3 is 0 Å². The Kier molecular flexibility index (Phi) is 6.24. The highest BCUT2D eigenvalue weighted by atomic mass is 32.2. The van der Waals surface area contributed by atoms with Gasteiger partial charge in [-0.2, -0.15) is 4.98 Å². The van der Waals surface area contributed by atoms with Gasteiger partial charge in [-0.3, -0.25) is 0 Å². The third-order valence-corrected chi connectivity index (χ3v) is 6.52. The van der Waals surface area contributed by atoms with Gasteiger partial charge in [0.05, 0.1) is 17.6 Å². The molecule has 0 spiro atoms. The van der Waals surface area contributed by atoms with Crippen molar-refractivity contribution in [2.75, 3.05) is 52.8 Å². The van der Waals surface area contributed by atoms with Crippen LogP contribution in [0.4, 0.5) is 5.88 Å². The first-order valence-corrected chi connectivity index (χ1v) is 11.6. The molecule has 0 amide bonds. The van der Waals surface area contributed by atoms with Gasteiger partial charge in [0.2, 0.25) is 26.6 Å². The average Bonchev–Trinajstić information content (AvgIpc) is 3.23. The fourth-order valence-electron chi connectivity index (χ4n) is 3.23. The molecular weight excluding hydrogens is 434 g/mol. The monoisotopic (exact) mass is 459 g/mol. The average molecular weight is 460 g/mol. The minimum Gasteiger partial charge on any atom is -0.496 e. The van der Waals surface area contributed by atoms with E-state index in [2.05, 4.69) is 10.3 Å². The summed E-state index contributed by atoms with van der Waals surface area (Å²) >= 11 is 0. The van der Waals surface area contributed by atoms with E-state index in [9.17, 15) is 8.42 Å². The predicted molar refractivity (Wildman–Crippen MR) is 118 cm³/mol. The molecule has 0 bridgehead atoms. The van der Waals surface area contributed by atoms with Crippen molar-refractivity contribution < 1.29 is 27.0 Å². The number of fused-ring (bicyclic) bond motifs is 1. The quantitative estimate of drug-likeness (QED) is 0.544. The molecule has 1 aliphatic heterocycles. The lowest BCUT2D eigenvalue weighted by molar-refractivity contribution is 0.171. The maximum Gasteiger partial charge on any atom is 0.233 e. The summed E-state index contributed by atoms with van der Waals surface area (Å²) in [5.74, 6) is 1.63. The number of nitrogens with one attached hydrogen (secondary N) is 1. The van der Waals surface area contributed by atoms with E-state index in [1.54, 1.807) is 24.3 Å². The van der Waals surface area contributed by atoms with Crippen LogP contribution in [0.15, 0.2) is 56.8 Å². The second kappa shape index (κ2) is 9.09. The molecule has 10 heteroatoms. The van der Waals surface area contributed by atoms with Gasteiger partial charge in [-0.1, -0.05) is 12.1 Å². The minimum absolute atomic E-state index is 0.0392. The molecular formula is C22H25N3O6S. The Morgan fingerprint density at radius 1 is 1.09 bits per heavy atom. The fraction of sp³-hybridized carbons (Fsp3) is 0.318. The molecule has 1 aromatic heterocycles. The molecule has 0 unspecified atom stereocenters. The lowest BCUT2D eigenvalue weighted by Gasteiger charge is -2.18. The van der Waals surface area contributed by atoms with E-state index < -0.39 is 9.84 Å². The number of hydrogen-bond acceptors (Lipinski definition) is 9. The van der Waals surface area contributed by atoms with Gasteiger partial charge < -0.3 is 28.8 Å². The van der Waals surface area contributed by atoms with E-state index in [0.717, 1.165) is 0 Å². The molecule has 2 aromatic carbocycles. The number of likely N-dealkylation sites (N-methyl/N-ethyl adjacent to an activating group) is 1. The predicted octanol–water partition coefficient (Wildman–Crippen LogP) is 2.93. The van der Waals surface area contributed by atoms with Gasteiger partial charge in [-0.15, -0.1) is 0 Å². The Morgan fingerprint density at radius 3 is 2.59 bits per heavy atom. The second-order valence-corrected chi connectivity index (χ2v) is 9.26. The highest BCUT2D eigenvalue weighted by Crippen LogP contribution is 2.38. The number of hydrogen-bond donors (Lipinski definition) is 1. The van der Waals surface area contributed by atoms with E-state index in [1.165, 1.54) is 19.2 Å². The standard InChI is InChI=1S/C22H25N3O6S/c1-25(2)11-10-23-21-22(24-20(31-21)16-6-4-5-7-17(16)28-3)32(26,27)15-8-9-18-19(14-15)30-13-12-29-18/h4-9,14,23H,10-13H2,1-3H3. The number of methoxy groups -OCH3 is 1. The maximum absolute atomic E-state index is 13.5. The molecule has 0 atom stereocenters. The highest BCUT2D eigenvalue weighted by Gasteiger charge is 2.30. The van der Waals surface area contributed by atoms with Crippen molar-refractivity contribution in [3.8, 4) is 28.7 Å². The van der Waals surface area contributed by atoms with Crippen molar-refractivity contribution in [2.45, 2.75) is 9.92 Å². The summed E-state index contributed by atoms with van der Waals surface area (Å²) in [4.78, 5) is 6.38. The van der Waals surface area contributed by atoms with Gasteiger partial charge in [0, 0.05) is 19.2 Å².